The van der Waals surface area contributed by atoms with Gasteiger partial charge in [-0.2, -0.15) is 5.10 Å². The second kappa shape index (κ2) is 8.74. The quantitative estimate of drug-likeness (QED) is 0.302. The maximum Gasteiger partial charge on any atom is 0.224 e. The first-order valence-electron chi connectivity index (χ1n) is 11.9. The van der Waals surface area contributed by atoms with Gasteiger partial charge in [-0.05, 0) is 49.1 Å². The van der Waals surface area contributed by atoms with Gasteiger partial charge in [-0.15, -0.1) is 0 Å². The van der Waals surface area contributed by atoms with Crippen molar-refractivity contribution in [2.75, 3.05) is 5.32 Å². The van der Waals surface area contributed by atoms with Gasteiger partial charge in [0.1, 0.15) is 11.2 Å². The summed E-state index contributed by atoms with van der Waals surface area (Å²) >= 11 is 0. The molecule has 0 bridgehead atoms. The molecule has 170 valence electrons. The van der Waals surface area contributed by atoms with E-state index < -0.39 is 0 Å². The van der Waals surface area contributed by atoms with E-state index in [9.17, 15) is 4.79 Å². The summed E-state index contributed by atoms with van der Waals surface area (Å²) in [4.78, 5) is 25.3. The van der Waals surface area contributed by atoms with E-state index in [0.29, 0.717) is 18.0 Å². The van der Waals surface area contributed by atoms with Gasteiger partial charge in [0.15, 0.2) is 0 Å². The number of para-hydroxylation sites is 1. The highest BCUT2D eigenvalue weighted by molar-refractivity contribution is 5.95. The number of H-pyrrole nitrogens is 2. The number of aromatic amines is 2. The number of anilines is 1. The molecule has 5 aromatic rings. The van der Waals surface area contributed by atoms with Crippen LogP contribution < -0.4 is 5.32 Å². The Morgan fingerprint density at radius 3 is 2.76 bits per heavy atom. The molecule has 0 atom stereocenters. The van der Waals surface area contributed by atoms with Crippen molar-refractivity contribution in [1.82, 2.24) is 25.1 Å². The number of carbonyl (C=O) groups excluding carboxylic acids is 1. The van der Waals surface area contributed by atoms with Crippen molar-refractivity contribution in [3.63, 3.8) is 0 Å². The zero-order valence-corrected chi connectivity index (χ0v) is 18.8. The Balaban J connectivity index is 1.27. The van der Waals surface area contributed by atoms with E-state index in [1.807, 2.05) is 36.4 Å². The molecule has 4 aromatic heterocycles. The first kappa shape index (κ1) is 20.6. The number of amides is 1. The lowest BCUT2D eigenvalue weighted by Gasteiger charge is -2.20. The first-order chi connectivity index (χ1) is 16.7. The summed E-state index contributed by atoms with van der Waals surface area (Å²) < 4.78 is 0. The number of nitrogens with zero attached hydrogens (tertiary/aromatic N) is 3. The molecule has 4 heterocycles. The summed E-state index contributed by atoms with van der Waals surface area (Å²) in [6, 6.07) is 16.1. The van der Waals surface area contributed by atoms with E-state index in [-0.39, 0.29) is 5.91 Å². The molecule has 34 heavy (non-hydrogen) atoms. The first-order valence-corrected chi connectivity index (χ1v) is 11.9. The SMILES string of the molecule is O=C(CC1CCCCC1)Nc1cncc(-c2ccc3[nH]nc(-c4cc5ccccc5[nH]4)c3n2)c1. The maximum absolute atomic E-state index is 12.6. The van der Waals surface area contributed by atoms with Gasteiger partial charge in [0.05, 0.1) is 28.8 Å². The van der Waals surface area contributed by atoms with Crippen molar-refractivity contribution in [3.8, 4) is 22.6 Å². The molecule has 0 spiro atoms. The second-order valence-electron chi connectivity index (χ2n) is 9.15. The molecule has 7 nitrogen and oxygen atoms in total. The summed E-state index contributed by atoms with van der Waals surface area (Å²) in [7, 11) is 0. The summed E-state index contributed by atoms with van der Waals surface area (Å²) in [6.07, 6.45) is 10.1. The van der Waals surface area contributed by atoms with Crippen LogP contribution >= 0.6 is 0 Å². The van der Waals surface area contributed by atoms with Crippen LogP contribution in [0.15, 0.2) is 60.9 Å². The van der Waals surface area contributed by atoms with Gasteiger partial charge < -0.3 is 10.3 Å². The summed E-state index contributed by atoms with van der Waals surface area (Å²) in [5.41, 5.74) is 6.73. The molecule has 1 aliphatic carbocycles. The van der Waals surface area contributed by atoms with Gasteiger partial charge in [0, 0.05) is 29.1 Å². The highest BCUT2D eigenvalue weighted by Gasteiger charge is 2.18. The number of rotatable bonds is 5. The van der Waals surface area contributed by atoms with E-state index >= 15 is 0 Å². The molecule has 7 heteroatoms. The third-order valence-corrected chi connectivity index (χ3v) is 6.71. The Morgan fingerprint density at radius 1 is 1.00 bits per heavy atom. The number of carbonyl (C=O) groups is 1. The number of fused-ring (bicyclic) bond motifs is 2. The molecule has 1 aromatic carbocycles. The lowest BCUT2D eigenvalue weighted by Crippen LogP contribution is -2.18. The van der Waals surface area contributed by atoms with Gasteiger partial charge in [-0.1, -0.05) is 37.5 Å². The number of benzene rings is 1. The van der Waals surface area contributed by atoms with E-state index in [4.69, 9.17) is 4.98 Å². The maximum atomic E-state index is 12.6. The minimum absolute atomic E-state index is 0.0604. The van der Waals surface area contributed by atoms with Gasteiger partial charge in [0.25, 0.3) is 0 Å². The highest BCUT2D eigenvalue weighted by Crippen LogP contribution is 2.30. The molecular formula is C27H26N6O. The van der Waals surface area contributed by atoms with Crippen LogP contribution in [0.2, 0.25) is 0 Å². The highest BCUT2D eigenvalue weighted by atomic mass is 16.1. The third-order valence-electron chi connectivity index (χ3n) is 6.71. The Bertz CT molecular complexity index is 1440. The Kier molecular flexibility index (Phi) is 5.30. The van der Waals surface area contributed by atoms with E-state index in [0.717, 1.165) is 57.4 Å². The zero-order valence-electron chi connectivity index (χ0n) is 18.8. The molecule has 0 aliphatic heterocycles. The van der Waals surface area contributed by atoms with Gasteiger partial charge >= 0.3 is 0 Å². The van der Waals surface area contributed by atoms with Crippen molar-refractivity contribution in [2.24, 2.45) is 5.92 Å². The fourth-order valence-electron chi connectivity index (χ4n) is 4.96. The smallest absolute Gasteiger partial charge is 0.224 e. The van der Waals surface area contributed by atoms with Gasteiger partial charge in [0.2, 0.25) is 5.91 Å². The minimum Gasteiger partial charge on any atom is -0.353 e. The topological polar surface area (TPSA) is 99.4 Å². The van der Waals surface area contributed by atoms with Crippen LogP contribution in [0.4, 0.5) is 5.69 Å². The predicted molar refractivity (Wildman–Crippen MR) is 134 cm³/mol. The van der Waals surface area contributed by atoms with E-state index in [2.05, 4.69) is 37.6 Å². The van der Waals surface area contributed by atoms with Crippen molar-refractivity contribution in [1.29, 1.82) is 0 Å². The third kappa shape index (κ3) is 4.05. The molecule has 1 amide bonds. The number of nitrogens with one attached hydrogen (secondary N) is 3. The van der Waals surface area contributed by atoms with E-state index in [1.54, 1.807) is 12.4 Å². The van der Waals surface area contributed by atoms with Crippen LogP contribution in [0.3, 0.4) is 0 Å². The predicted octanol–water partition coefficient (Wildman–Crippen LogP) is 6.08. The Hall–Kier alpha value is -4.00. The van der Waals surface area contributed by atoms with Crippen LogP contribution in [-0.4, -0.2) is 31.1 Å². The normalized spacial score (nSPS) is 14.6. The van der Waals surface area contributed by atoms with Crippen LogP contribution in [0.25, 0.3) is 44.6 Å². The molecule has 1 aliphatic rings. The average molecular weight is 451 g/mol. The van der Waals surface area contributed by atoms with Crippen LogP contribution in [0, 0.1) is 5.92 Å². The molecular weight excluding hydrogens is 424 g/mol. The average Bonchev–Trinajstić information content (AvgIpc) is 3.48. The van der Waals surface area contributed by atoms with Crippen molar-refractivity contribution >= 4 is 33.5 Å². The van der Waals surface area contributed by atoms with Crippen LogP contribution in [-0.2, 0) is 4.79 Å². The van der Waals surface area contributed by atoms with Crippen molar-refractivity contribution in [3.05, 3.63) is 60.9 Å². The summed E-state index contributed by atoms with van der Waals surface area (Å²) in [5, 5.41) is 11.8. The van der Waals surface area contributed by atoms with Crippen LogP contribution in [0.1, 0.15) is 38.5 Å². The molecule has 0 saturated heterocycles. The monoisotopic (exact) mass is 450 g/mol. The Labute approximate surface area is 197 Å². The van der Waals surface area contributed by atoms with Crippen LogP contribution in [0.5, 0.6) is 0 Å². The molecule has 0 radical (unpaired) electrons. The fraction of sp³-hybridized carbons (Fsp3) is 0.259. The minimum atomic E-state index is 0.0604. The standard InChI is InChI=1S/C27H26N6O/c34-25(12-17-6-2-1-3-7-17)29-20-13-19(15-28-16-20)22-10-11-23-26(31-22)27(33-32-23)24-14-18-8-4-5-9-21(18)30-24/h4-5,8-11,13-17,30H,1-3,6-7,12H2,(H,29,34)(H,32,33). The lowest BCUT2D eigenvalue weighted by molar-refractivity contribution is -0.117. The number of pyridine rings is 2. The lowest BCUT2D eigenvalue weighted by atomic mass is 9.87. The number of hydrogen-bond donors (Lipinski definition) is 3. The number of aromatic nitrogens is 5. The molecule has 1 fully saturated rings. The second-order valence-corrected chi connectivity index (χ2v) is 9.15. The van der Waals surface area contributed by atoms with E-state index in [1.165, 1.54) is 19.3 Å². The molecule has 6 rings (SSSR count). The summed E-state index contributed by atoms with van der Waals surface area (Å²) in [5.74, 6) is 0.559. The molecule has 1 saturated carbocycles. The van der Waals surface area contributed by atoms with Crippen molar-refractivity contribution < 1.29 is 4.79 Å². The Morgan fingerprint density at radius 2 is 1.88 bits per heavy atom. The summed E-state index contributed by atoms with van der Waals surface area (Å²) in [6.45, 7) is 0. The van der Waals surface area contributed by atoms with Crippen molar-refractivity contribution in [2.45, 2.75) is 38.5 Å². The number of hydrogen-bond acceptors (Lipinski definition) is 4. The molecule has 0 unspecified atom stereocenters. The fourth-order valence-corrected chi connectivity index (χ4v) is 4.96. The molecule has 3 N–H and O–H groups in total. The zero-order chi connectivity index (χ0) is 22.9. The van der Waals surface area contributed by atoms with Gasteiger partial charge in [-0.25, -0.2) is 4.98 Å². The largest absolute Gasteiger partial charge is 0.353 e. The van der Waals surface area contributed by atoms with Gasteiger partial charge in [-0.3, -0.25) is 14.9 Å².